The first-order valence-corrected chi connectivity index (χ1v) is 15.1. The van der Waals surface area contributed by atoms with Crippen LogP contribution >= 0.6 is 0 Å². The molecule has 0 radical (unpaired) electrons. The highest BCUT2D eigenvalue weighted by molar-refractivity contribution is 5.93. The normalized spacial score (nSPS) is 16.3. The lowest BCUT2D eigenvalue weighted by Crippen LogP contribution is -2.57. The average molecular weight is 564 g/mol. The number of ether oxygens (including phenoxy) is 1. The van der Waals surface area contributed by atoms with E-state index in [-0.39, 0.29) is 30.3 Å². The van der Waals surface area contributed by atoms with E-state index in [1.165, 1.54) is 6.42 Å². The molecular weight excluding hydrogens is 514 g/mol. The van der Waals surface area contributed by atoms with Crippen LogP contribution in [-0.2, 0) is 20.7 Å². The molecule has 7 nitrogen and oxygen atoms in total. The quantitative estimate of drug-likeness (QED) is 0.343. The molecule has 224 valence electrons. The lowest BCUT2D eigenvalue weighted by atomic mass is 9.91. The van der Waals surface area contributed by atoms with Crippen molar-refractivity contribution in [2.24, 2.45) is 0 Å². The molecule has 0 bridgehead atoms. The molecule has 1 aliphatic rings. The van der Waals surface area contributed by atoms with Gasteiger partial charge in [-0.3, -0.25) is 9.59 Å². The number of alkyl carbamates (subject to hydrolysis) is 1. The van der Waals surface area contributed by atoms with Crippen molar-refractivity contribution in [1.82, 2.24) is 15.5 Å². The first-order valence-electron chi connectivity index (χ1n) is 15.1. The molecule has 0 saturated heterocycles. The van der Waals surface area contributed by atoms with Crippen LogP contribution in [0.5, 0.6) is 0 Å². The summed E-state index contributed by atoms with van der Waals surface area (Å²) < 4.78 is 5.55. The molecule has 41 heavy (non-hydrogen) atoms. The second-order valence-electron chi connectivity index (χ2n) is 12.4. The summed E-state index contributed by atoms with van der Waals surface area (Å²) in [6.07, 6.45) is 5.51. The summed E-state index contributed by atoms with van der Waals surface area (Å²) in [5.74, 6) is -0.478. The molecule has 1 aliphatic carbocycles. The van der Waals surface area contributed by atoms with Gasteiger partial charge < -0.3 is 20.3 Å². The number of nitrogens with zero attached hydrogens (tertiary/aromatic N) is 1. The number of rotatable bonds is 10. The SMILES string of the molecule is CCC(C)N(C(=O)C(Cc1ccccc1)NC(=O)OC(C)(C)C)C(C(=O)NC1CCCCC1)c1cccc(C)c1C. The van der Waals surface area contributed by atoms with Crippen LogP contribution in [0.4, 0.5) is 4.79 Å². The number of hydrogen-bond acceptors (Lipinski definition) is 4. The molecule has 2 aromatic carbocycles. The Morgan fingerprint density at radius 2 is 1.63 bits per heavy atom. The predicted molar refractivity (Wildman–Crippen MR) is 164 cm³/mol. The third-order valence-electron chi connectivity index (χ3n) is 8.01. The first kappa shape index (κ1) is 32.2. The molecular formula is C34H49N3O4. The number of nitrogens with one attached hydrogen (secondary N) is 2. The van der Waals surface area contributed by atoms with Gasteiger partial charge in [-0.15, -0.1) is 0 Å². The van der Waals surface area contributed by atoms with Crippen LogP contribution in [0.15, 0.2) is 48.5 Å². The molecule has 0 spiro atoms. The van der Waals surface area contributed by atoms with E-state index in [2.05, 4.69) is 10.6 Å². The van der Waals surface area contributed by atoms with E-state index < -0.39 is 23.8 Å². The molecule has 0 aliphatic heterocycles. The minimum absolute atomic E-state index is 0.0951. The van der Waals surface area contributed by atoms with Crippen LogP contribution in [-0.4, -0.2) is 46.5 Å². The summed E-state index contributed by atoms with van der Waals surface area (Å²) in [5.41, 5.74) is 3.03. The zero-order valence-electron chi connectivity index (χ0n) is 26.0. The fourth-order valence-electron chi connectivity index (χ4n) is 5.49. The van der Waals surface area contributed by atoms with Crippen molar-refractivity contribution >= 4 is 17.9 Å². The van der Waals surface area contributed by atoms with Gasteiger partial charge in [0.1, 0.15) is 17.7 Å². The van der Waals surface area contributed by atoms with E-state index in [0.717, 1.165) is 47.9 Å². The van der Waals surface area contributed by atoms with Crippen LogP contribution in [0.25, 0.3) is 0 Å². The fourth-order valence-corrected chi connectivity index (χ4v) is 5.49. The van der Waals surface area contributed by atoms with Gasteiger partial charge in [0.05, 0.1) is 0 Å². The Kier molecular flexibility index (Phi) is 11.4. The van der Waals surface area contributed by atoms with Gasteiger partial charge in [0.15, 0.2) is 0 Å². The standard InChI is InChI=1S/C34H49N3O4/c1-8-24(3)37(32(39)29(22-26-17-11-9-12-18-26)36-33(40)41-34(5,6)7)30(28-21-15-16-23(2)25(28)4)31(38)35-27-19-13-10-14-20-27/h9,11-12,15-18,21,24,27,29-30H,8,10,13-14,19-20,22H2,1-7H3,(H,35,38)(H,36,40). The second kappa shape index (κ2) is 14.5. The maximum Gasteiger partial charge on any atom is 0.408 e. The van der Waals surface area contributed by atoms with Crippen molar-refractivity contribution in [3.05, 3.63) is 70.8 Å². The van der Waals surface area contributed by atoms with Crippen molar-refractivity contribution in [3.8, 4) is 0 Å². The minimum Gasteiger partial charge on any atom is -0.444 e. The topological polar surface area (TPSA) is 87.7 Å². The Morgan fingerprint density at radius 1 is 0.976 bits per heavy atom. The lowest BCUT2D eigenvalue weighted by molar-refractivity contribution is -0.145. The molecule has 2 N–H and O–H groups in total. The van der Waals surface area contributed by atoms with Crippen molar-refractivity contribution in [2.75, 3.05) is 0 Å². The van der Waals surface area contributed by atoms with Gasteiger partial charge in [-0.05, 0) is 83.1 Å². The van der Waals surface area contributed by atoms with Gasteiger partial charge in [-0.2, -0.15) is 0 Å². The van der Waals surface area contributed by atoms with Crippen molar-refractivity contribution in [2.45, 2.75) is 123 Å². The summed E-state index contributed by atoms with van der Waals surface area (Å²) in [5, 5.41) is 6.14. The Bertz CT molecular complexity index is 1170. The van der Waals surface area contributed by atoms with Crippen LogP contribution in [0.3, 0.4) is 0 Å². The molecule has 1 fully saturated rings. The number of aryl methyl sites for hydroxylation is 1. The van der Waals surface area contributed by atoms with Gasteiger partial charge in [0, 0.05) is 18.5 Å². The Hall–Kier alpha value is -3.35. The zero-order chi connectivity index (χ0) is 30.2. The molecule has 0 aromatic heterocycles. The molecule has 3 atom stereocenters. The highest BCUT2D eigenvalue weighted by atomic mass is 16.6. The van der Waals surface area contributed by atoms with Crippen LogP contribution in [0.2, 0.25) is 0 Å². The fraction of sp³-hybridized carbons (Fsp3) is 0.559. The summed E-state index contributed by atoms with van der Waals surface area (Å²) in [6, 6.07) is 13.6. The molecule has 3 amide bonds. The smallest absolute Gasteiger partial charge is 0.408 e. The third kappa shape index (κ3) is 9.07. The molecule has 2 aromatic rings. The second-order valence-corrected chi connectivity index (χ2v) is 12.4. The first-order chi connectivity index (χ1) is 19.4. The summed E-state index contributed by atoms with van der Waals surface area (Å²) >= 11 is 0. The van der Waals surface area contributed by atoms with E-state index in [0.29, 0.717) is 6.42 Å². The molecule has 3 rings (SSSR count). The van der Waals surface area contributed by atoms with E-state index in [1.807, 2.05) is 76.2 Å². The van der Waals surface area contributed by atoms with E-state index in [4.69, 9.17) is 4.74 Å². The zero-order valence-corrected chi connectivity index (χ0v) is 26.0. The van der Waals surface area contributed by atoms with Gasteiger partial charge in [-0.1, -0.05) is 74.7 Å². The third-order valence-corrected chi connectivity index (χ3v) is 8.01. The number of benzene rings is 2. The molecule has 3 unspecified atom stereocenters. The summed E-state index contributed by atoms with van der Waals surface area (Å²) in [6.45, 7) is 13.4. The predicted octanol–water partition coefficient (Wildman–Crippen LogP) is 6.56. The van der Waals surface area contributed by atoms with E-state index in [9.17, 15) is 14.4 Å². The van der Waals surface area contributed by atoms with Crippen LogP contribution in [0, 0.1) is 13.8 Å². The molecule has 0 heterocycles. The number of carbonyl (C=O) groups excluding carboxylic acids is 3. The minimum atomic E-state index is -0.920. The Labute approximate surface area is 246 Å². The van der Waals surface area contributed by atoms with Crippen LogP contribution < -0.4 is 10.6 Å². The van der Waals surface area contributed by atoms with Gasteiger partial charge in [-0.25, -0.2) is 4.79 Å². The maximum atomic E-state index is 14.6. The summed E-state index contributed by atoms with van der Waals surface area (Å²) in [4.78, 5) is 43.5. The Balaban J connectivity index is 2.07. The van der Waals surface area contributed by atoms with E-state index in [1.54, 1.807) is 25.7 Å². The summed E-state index contributed by atoms with van der Waals surface area (Å²) in [7, 11) is 0. The van der Waals surface area contributed by atoms with Crippen LogP contribution in [0.1, 0.15) is 101 Å². The van der Waals surface area contributed by atoms with Crippen molar-refractivity contribution in [1.29, 1.82) is 0 Å². The Morgan fingerprint density at radius 3 is 2.24 bits per heavy atom. The van der Waals surface area contributed by atoms with E-state index >= 15 is 0 Å². The number of hydrogen-bond donors (Lipinski definition) is 2. The van der Waals surface area contributed by atoms with Crippen molar-refractivity contribution < 1.29 is 19.1 Å². The highest BCUT2D eigenvalue weighted by Gasteiger charge is 2.40. The van der Waals surface area contributed by atoms with Gasteiger partial charge >= 0.3 is 6.09 Å². The lowest BCUT2D eigenvalue weighted by Gasteiger charge is -2.39. The monoisotopic (exact) mass is 563 g/mol. The average Bonchev–Trinajstić information content (AvgIpc) is 2.92. The highest BCUT2D eigenvalue weighted by Crippen LogP contribution is 2.31. The van der Waals surface area contributed by atoms with Crippen molar-refractivity contribution in [3.63, 3.8) is 0 Å². The molecule has 7 heteroatoms. The molecule has 1 saturated carbocycles. The van der Waals surface area contributed by atoms with Gasteiger partial charge in [0.2, 0.25) is 11.8 Å². The van der Waals surface area contributed by atoms with Gasteiger partial charge in [0.25, 0.3) is 0 Å². The largest absolute Gasteiger partial charge is 0.444 e. The maximum absolute atomic E-state index is 14.6. The number of amides is 3. The number of carbonyl (C=O) groups is 3.